The number of allylic oxidation sites excluding steroid dienone is 2. The van der Waals surface area contributed by atoms with Gasteiger partial charge in [-0.25, -0.2) is 0 Å². The number of methoxy groups -OCH3 is 1. The SMILES string of the molecule is CCOC(=O)[C@@H]1C(=O)C=C(Nc2ccc(C(F)(F)F)cc2)C[C@@H]1c1cccc(OC)c1. The fraction of sp³-hybridized carbons (Fsp3) is 0.304. The van der Waals surface area contributed by atoms with E-state index in [2.05, 4.69) is 5.32 Å². The van der Waals surface area contributed by atoms with Gasteiger partial charge in [-0.1, -0.05) is 12.1 Å². The highest BCUT2D eigenvalue weighted by atomic mass is 19.4. The molecule has 164 valence electrons. The summed E-state index contributed by atoms with van der Waals surface area (Å²) in [5.74, 6) is -1.97. The van der Waals surface area contributed by atoms with Crippen LogP contribution in [0.25, 0.3) is 0 Å². The summed E-state index contributed by atoms with van der Waals surface area (Å²) in [6.07, 6.45) is -2.82. The largest absolute Gasteiger partial charge is 0.497 e. The molecule has 0 fully saturated rings. The average Bonchev–Trinajstić information content (AvgIpc) is 2.73. The number of alkyl halides is 3. The van der Waals surface area contributed by atoms with Crippen LogP contribution in [0.15, 0.2) is 60.3 Å². The van der Waals surface area contributed by atoms with E-state index in [1.807, 2.05) is 0 Å². The van der Waals surface area contributed by atoms with Crippen LogP contribution in [0.5, 0.6) is 5.75 Å². The standard InChI is InChI=1S/C23H22F3NO4/c1-3-31-22(29)21-19(14-5-4-6-18(11-14)30-2)12-17(13-20(21)28)27-16-9-7-15(8-10-16)23(24,25)26/h4-11,13,19,21,27H,3,12H2,1-2H3/t19-,21+/m1/s1. The van der Waals surface area contributed by atoms with Gasteiger partial charge in [0, 0.05) is 23.4 Å². The number of carbonyl (C=O) groups is 2. The average molecular weight is 433 g/mol. The summed E-state index contributed by atoms with van der Waals surface area (Å²) in [5, 5.41) is 3.00. The van der Waals surface area contributed by atoms with Crippen LogP contribution in [0.4, 0.5) is 18.9 Å². The van der Waals surface area contributed by atoms with E-state index in [0.717, 1.165) is 17.7 Å². The monoisotopic (exact) mass is 433 g/mol. The van der Waals surface area contributed by atoms with Crippen molar-refractivity contribution >= 4 is 17.4 Å². The third-order valence-corrected chi connectivity index (χ3v) is 5.04. The van der Waals surface area contributed by atoms with Gasteiger partial charge < -0.3 is 14.8 Å². The quantitative estimate of drug-likeness (QED) is 0.516. The van der Waals surface area contributed by atoms with E-state index in [9.17, 15) is 22.8 Å². The number of nitrogens with one attached hydrogen (secondary N) is 1. The molecular formula is C23H22F3NO4. The van der Waals surface area contributed by atoms with Crippen LogP contribution in [-0.4, -0.2) is 25.5 Å². The van der Waals surface area contributed by atoms with Crippen molar-refractivity contribution in [3.63, 3.8) is 0 Å². The number of anilines is 1. The molecular weight excluding hydrogens is 411 g/mol. The molecule has 2 aromatic rings. The van der Waals surface area contributed by atoms with E-state index < -0.39 is 35.3 Å². The van der Waals surface area contributed by atoms with Crippen LogP contribution in [0.1, 0.15) is 30.4 Å². The van der Waals surface area contributed by atoms with Crippen LogP contribution in [0.3, 0.4) is 0 Å². The lowest BCUT2D eigenvalue weighted by Crippen LogP contribution is -2.35. The number of benzene rings is 2. The predicted octanol–water partition coefficient (Wildman–Crippen LogP) is 4.95. The fourth-order valence-electron chi connectivity index (χ4n) is 3.58. The van der Waals surface area contributed by atoms with Crippen molar-refractivity contribution < 1.29 is 32.2 Å². The maximum atomic E-state index is 12.8. The molecule has 2 aromatic carbocycles. The molecule has 0 spiro atoms. The van der Waals surface area contributed by atoms with Gasteiger partial charge in [0.2, 0.25) is 0 Å². The molecule has 0 amide bonds. The van der Waals surface area contributed by atoms with Gasteiger partial charge in [-0.05, 0) is 55.3 Å². The Bertz CT molecular complexity index is 983. The van der Waals surface area contributed by atoms with Crippen LogP contribution >= 0.6 is 0 Å². The van der Waals surface area contributed by atoms with Crippen molar-refractivity contribution in [2.45, 2.75) is 25.4 Å². The van der Waals surface area contributed by atoms with Crippen LogP contribution in [0.2, 0.25) is 0 Å². The summed E-state index contributed by atoms with van der Waals surface area (Å²) in [6.45, 7) is 1.81. The molecule has 0 bridgehead atoms. The van der Waals surface area contributed by atoms with Crippen molar-refractivity contribution in [1.82, 2.24) is 0 Å². The Morgan fingerprint density at radius 3 is 2.48 bits per heavy atom. The first-order valence-electron chi connectivity index (χ1n) is 9.72. The highest BCUT2D eigenvalue weighted by Crippen LogP contribution is 2.38. The molecule has 1 aliphatic carbocycles. The first kappa shape index (κ1) is 22.4. The third kappa shape index (κ3) is 5.25. The summed E-state index contributed by atoms with van der Waals surface area (Å²) < 4.78 is 48.7. The van der Waals surface area contributed by atoms with Crippen molar-refractivity contribution in [2.75, 3.05) is 19.0 Å². The number of hydrogen-bond acceptors (Lipinski definition) is 5. The van der Waals surface area contributed by atoms with Crippen molar-refractivity contribution in [3.8, 4) is 5.75 Å². The van der Waals surface area contributed by atoms with Gasteiger partial charge in [-0.3, -0.25) is 9.59 Å². The first-order chi connectivity index (χ1) is 14.7. The maximum absolute atomic E-state index is 12.8. The molecule has 2 atom stereocenters. The molecule has 1 N–H and O–H groups in total. The number of hydrogen-bond donors (Lipinski definition) is 1. The third-order valence-electron chi connectivity index (χ3n) is 5.04. The molecule has 8 heteroatoms. The van der Waals surface area contributed by atoms with E-state index >= 15 is 0 Å². The Balaban J connectivity index is 1.90. The summed E-state index contributed by atoms with van der Waals surface area (Å²) in [5.41, 5.74) is 0.873. The molecule has 0 unspecified atom stereocenters. The Labute approximate surface area is 177 Å². The fourth-order valence-corrected chi connectivity index (χ4v) is 3.58. The zero-order chi connectivity index (χ0) is 22.6. The first-order valence-corrected chi connectivity index (χ1v) is 9.72. The van der Waals surface area contributed by atoms with E-state index in [1.165, 1.54) is 25.3 Å². The molecule has 0 aliphatic heterocycles. The second-order valence-electron chi connectivity index (χ2n) is 7.09. The Kier molecular flexibility index (Phi) is 6.68. The minimum Gasteiger partial charge on any atom is -0.497 e. The maximum Gasteiger partial charge on any atom is 0.416 e. The summed E-state index contributed by atoms with van der Waals surface area (Å²) in [7, 11) is 1.52. The molecule has 0 radical (unpaired) electrons. The number of carbonyl (C=O) groups excluding carboxylic acids is 2. The molecule has 0 saturated carbocycles. The summed E-state index contributed by atoms with van der Waals surface area (Å²) in [4.78, 5) is 25.4. The lowest BCUT2D eigenvalue weighted by Gasteiger charge is -2.30. The molecule has 0 saturated heterocycles. The second kappa shape index (κ2) is 9.24. The molecule has 0 aromatic heterocycles. The number of ketones is 1. The smallest absolute Gasteiger partial charge is 0.416 e. The van der Waals surface area contributed by atoms with Crippen LogP contribution in [-0.2, 0) is 20.5 Å². The normalized spacial score (nSPS) is 18.9. The highest BCUT2D eigenvalue weighted by Gasteiger charge is 2.40. The summed E-state index contributed by atoms with van der Waals surface area (Å²) >= 11 is 0. The molecule has 1 aliphatic rings. The van der Waals surface area contributed by atoms with Crippen molar-refractivity contribution in [2.24, 2.45) is 5.92 Å². The van der Waals surface area contributed by atoms with Crippen molar-refractivity contribution in [3.05, 3.63) is 71.4 Å². The number of rotatable bonds is 6. The second-order valence-corrected chi connectivity index (χ2v) is 7.09. The number of ether oxygens (including phenoxy) is 2. The van der Waals surface area contributed by atoms with Crippen LogP contribution < -0.4 is 10.1 Å². The minimum atomic E-state index is -4.43. The van der Waals surface area contributed by atoms with Gasteiger partial charge in [-0.2, -0.15) is 13.2 Å². The highest BCUT2D eigenvalue weighted by molar-refractivity contribution is 6.07. The zero-order valence-electron chi connectivity index (χ0n) is 17.0. The summed E-state index contributed by atoms with van der Waals surface area (Å²) in [6, 6.07) is 11.6. The molecule has 31 heavy (non-hydrogen) atoms. The van der Waals surface area contributed by atoms with E-state index in [1.54, 1.807) is 31.2 Å². The lowest BCUT2D eigenvalue weighted by molar-refractivity contribution is -0.151. The Morgan fingerprint density at radius 2 is 1.87 bits per heavy atom. The van der Waals surface area contributed by atoms with Gasteiger partial charge in [0.1, 0.15) is 11.7 Å². The van der Waals surface area contributed by atoms with Gasteiger partial charge in [0.25, 0.3) is 0 Å². The topological polar surface area (TPSA) is 64.6 Å². The van der Waals surface area contributed by atoms with Gasteiger partial charge >= 0.3 is 12.1 Å². The van der Waals surface area contributed by atoms with Gasteiger partial charge in [0.15, 0.2) is 5.78 Å². The zero-order valence-corrected chi connectivity index (χ0v) is 17.0. The molecule has 3 rings (SSSR count). The number of halogens is 3. The van der Waals surface area contributed by atoms with Gasteiger partial charge in [-0.15, -0.1) is 0 Å². The van der Waals surface area contributed by atoms with Crippen LogP contribution in [0, 0.1) is 5.92 Å². The number of esters is 1. The molecule has 0 heterocycles. The minimum absolute atomic E-state index is 0.147. The predicted molar refractivity (Wildman–Crippen MR) is 109 cm³/mol. The van der Waals surface area contributed by atoms with E-state index in [0.29, 0.717) is 23.6 Å². The Morgan fingerprint density at radius 1 is 1.16 bits per heavy atom. The van der Waals surface area contributed by atoms with E-state index in [-0.39, 0.29) is 6.61 Å². The van der Waals surface area contributed by atoms with Crippen molar-refractivity contribution in [1.29, 1.82) is 0 Å². The van der Waals surface area contributed by atoms with E-state index in [4.69, 9.17) is 9.47 Å². The Hall–Kier alpha value is -3.29. The molecule has 5 nitrogen and oxygen atoms in total. The van der Waals surface area contributed by atoms with Gasteiger partial charge in [0.05, 0.1) is 19.3 Å². The lowest BCUT2D eigenvalue weighted by atomic mass is 9.76.